The van der Waals surface area contributed by atoms with Gasteiger partial charge >= 0.3 is 0 Å². The number of hydrogen-bond donors (Lipinski definition) is 1. The molecular weight excluding hydrogens is 472 g/mol. The van der Waals surface area contributed by atoms with Crippen molar-refractivity contribution in [2.24, 2.45) is 5.92 Å². The average molecular weight is 499 g/mol. The summed E-state index contributed by atoms with van der Waals surface area (Å²) in [6.07, 6.45) is 4.06. The summed E-state index contributed by atoms with van der Waals surface area (Å²) in [6, 6.07) is 24.6. The van der Waals surface area contributed by atoms with E-state index in [9.17, 15) is 9.59 Å². The molecule has 1 aliphatic rings. The first-order valence-corrected chi connectivity index (χ1v) is 12.4. The Labute approximate surface area is 215 Å². The SMILES string of the molecule is Cc1ccc(-n2cc(-c3ccccc3)nc2NC(=O)CN(CC2CC2)C(=O)c2ccc(Cl)cc2)cc1. The maximum absolute atomic E-state index is 13.2. The highest BCUT2D eigenvalue weighted by atomic mass is 35.5. The fourth-order valence-corrected chi connectivity index (χ4v) is 4.19. The number of aryl methyl sites for hydroxylation is 1. The van der Waals surface area contributed by atoms with Crippen LogP contribution in [0.5, 0.6) is 0 Å². The Morgan fingerprint density at radius 2 is 1.69 bits per heavy atom. The lowest BCUT2D eigenvalue weighted by Gasteiger charge is -2.22. The molecule has 1 saturated carbocycles. The lowest BCUT2D eigenvalue weighted by molar-refractivity contribution is -0.117. The number of halogens is 1. The van der Waals surface area contributed by atoms with Crippen LogP contribution in [-0.4, -0.2) is 39.4 Å². The van der Waals surface area contributed by atoms with Crippen LogP contribution in [0.15, 0.2) is 85.1 Å². The fourth-order valence-electron chi connectivity index (χ4n) is 4.06. The predicted octanol–water partition coefficient (Wildman–Crippen LogP) is 5.99. The normalized spacial score (nSPS) is 12.8. The molecule has 1 N–H and O–H groups in total. The molecule has 3 aromatic carbocycles. The number of rotatable bonds is 8. The molecule has 1 aliphatic carbocycles. The van der Waals surface area contributed by atoms with Gasteiger partial charge in [-0.15, -0.1) is 0 Å². The van der Waals surface area contributed by atoms with E-state index in [4.69, 9.17) is 16.6 Å². The number of carbonyl (C=O) groups excluding carboxylic acids is 2. The Bertz CT molecular complexity index is 1360. The summed E-state index contributed by atoms with van der Waals surface area (Å²) in [6.45, 7) is 2.53. The monoisotopic (exact) mass is 498 g/mol. The van der Waals surface area contributed by atoms with E-state index >= 15 is 0 Å². The summed E-state index contributed by atoms with van der Waals surface area (Å²) in [5.74, 6) is 0.374. The summed E-state index contributed by atoms with van der Waals surface area (Å²) in [5, 5.41) is 3.52. The zero-order chi connectivity index (χ0) is 25.1. The molecule has 36 heavy (non-hydrogen) atoms. The molecule has 1 heterocycles. The lowest BCUT2D eigenvalue weighted by Crippen LogP contribution is -2.39. The molecule has 0 saturated heterocycles. The first kappa shape index (κ1) is 23.8. The minimum atomic E-state index is -0.295. The van der Waals surface area contributed by atoms with Crippen molar-refractivity contribution in [2.45, 2.75) is 19.8 Å². The summed E-state index contributed by atoms with van der Waals surface area (Å²) >= 11 is 5.99. The molecule has 1 fully saturated rings. The number of benzene rings is 3. The largest absolute Gasteiger partial charge is 0.329 e. The summed E-state index contributed by atoms with van der Waals surface area (Å²) < 4.78 is 1.87. The second-order valence-electron chi connectivity index (χ2n) is 9.21. The van der Waals surface area contributed by atoms with Crippen LogP contribution >= 0.6 is 11.6 Å². The van der Waals surface area contributed by atoms with Gasteiger partial charge in [0.05, 0.1) is 5.69 Å². The van der Waals surface area contributed by atoms with Crippen molar-refractivity contribution >= 4 is 29.4 Å². The van der Waals surface area contributed by atoms with Crippen molar-refractivity contribution in [3.05, 3.63) is 101 Å². The molecule has 0 radical (unpaired) electrons. The van der Waals surface area contributed by atoms with E-state index in [0.717, 1.165) is 35.3 Å². The molecule has 2 amide bonds. The number of anilines is 1. The third-order valence-corrected chi connectivity index (χ3v) is 6.48. The Hall–Kier alpha value is -3.90. The van der Waals surface area contributed by atoms with Crippen molar-refractivity contribution in [1.82, 2.24) is 14.5 Å². The number of imidazole rings is 1. The second-order valence-corrected chi connectivity index (χ2v) is 9.64. The van der Waals surface area contributed by atoms with Crippen LogP contribution < -0.4 is 5.32 Å². The van der Waals surface area contributed by atoms with E-state index in [0.29, 0.717) is 29.0 Å². The van der Waals surface area contributed by atoms with Crippen LogP contribution in [0.4, 0.5) is 5.95 Å². The minimum absolute atomic E-state index is 0.0562. The van der Waals surface area contributed by atoms with Gasteiger partial charge in [0, 0.05) is 34.6 Å². The molecule has 1 aromatic heterocycles. The Morgan fingerprint density at radius 3 is 2.36 bits per heavy atom. The van der Waals surface area contributed by atoms with Gasteiger partial charge in [0.25, 0.3) is 5.91 Å². The van der Waals surface area contributed by atoms with Crippen molar-refractivity contribution in [2.75, 3.05) is 18.4 Å². The Balaban J connectivity index is 1.40. The first-order valence-electron chi connectivity index (χ1n) is 12.0. The molecule has 4 aromatic rings. The van der Waals surface area contributed by atoms with Crippen LogP contribution in [0.1, 0.15) is 28.8 Å². The molecule has 0 aliphatic heterocycles. The number of hydrogen-bond acceptors (Lipinski definition) is 3. The quantitative estimate of drug-likeness (QED) is 0.324. The van der Waals surface area contributed by atoms with E-state index in [1.54, 1.807) is 29.2 Å². The van der Waals surface area contributed by atoms with Gasteiger partial charge in [0.15, 0.2) is 0 Å². The maximum atomic E-state index is 13.2. The second kappa shape index (κ2) is 10.4. The molecule has 5 rings (SSSR count). The van der Waals surface area contributed by atoms with Gasteiger partial charge < -0.3 is 4.90 Å². The van der Waals surface area contributed by atoms with Crippen LogP contribution in [0.2, 0.25) is 5.02 Å². The third-order valence-electron chi connectivity index (χ3n) is 6.23. The number of amides is 2. The molecule has 0 spiro atoms. The van der Waals surface area contributed by atoms with Gasteiger partial charge in [0.1, 0.15) is 6.54 Å². The molecule has 7 heteroatoms. The van der Waals surface area contributed by atoms with Gasteiger partial charge in [-0.05, 0) is 62.1 Å². The van der Waals surface area contributed by atoms with Crippen molar-refractivity contribution in [1.29, 1.82) is 0 Å². The van der Waals surface area contributed by atoms with E-state index in [1.807, 2.05) is 72.3 Å². The van der Waals surface area contributed by atoms with Crippen molar-refractivity contribution in [3.8, 4) is 16.9 Å². The number of nitrogens with one attached hydrogen (secondary N) is 1. The standard InChI is InChI=1S/C29H27ClN4O2/c1-20-7-15-25(16-8-20)34-18-26(22-5-3-2-4-6-22)31-29(34)32-27(35)19-33(17-21-9-10-21)28(36)23-11-13-24(30)14-12-23/h2-8,11-16,18,21H,9-10,17,19H2,1H3,(H,31,32,35). The first-order chi connectivity index (χ1) is 17.5. The Kier molecular flexibility index (Phi) is 6.87. The van der Waals surface area contributed by atoms with Gasteiger partial charge in [-0.25, -0.2) is 4.98 Å². The van der Waals surface area contributed by atoms with Crippen molar-refractivity contribution < 1.29 is 9.59 Å². The van der Waals surface area contributed by atoms with Crippen LogP contribution in [0.25, 0.3) is 16.9 Å². The van der Waals surface area contributed by atoms with Gasteiger partial charge in [-0.2, -0.15) is 0 Å². The lowest BCUT2D eigenvalue weighted by atomic mass is 10.2. The molecule has 0 bridgehead atoms. The van der Waals surface area contributed by atoms with Crippen LogP contribution in [0, 0.1) is 12.8 Å². The van der Waals surface area contributed by atoms with E-state index in [-0.39, 0.29) is 18.4 Å². The van der Waals surface area contributed by atoms with Gasteiger partial charge in [-0.3, -0.25) is 19.5 Å². The predicted molar refractivity (Wildman–Crippen MR) is 142 cm³/mol. The van der Waals surface area contributed by atoms with Gasteiger partial charge in [-0.1, -0.05) is 59.6 Å². The maximum Gasteiger partial charge on any atom is 0.254 e. The van der Waals surface area contributed by atoms with E-state index in [1.165, 1.54) is 0 Å². The van der Waals surface area contributed by atoms with E-state index < -0.39 is 0 Å². The number of nitrogens with zero attached hydrogens (tertiary/aromatic N) is 3. The highest BCUT2D eigenvalue weighted by Gasteiger charge is 2.29. The molecule has 6 nitrogen and oxygen atoms in total. The zero-order valence-electron chi connectivity index (χ0n) is 20.0. The number of carbonyl (C=O) groups is 2. The third kappa shape index (κ3) is 5.66. The van der Waals surface area contributed by atoms with E-state index in [2.05, 4.69) is 5.32 Å². The zero-order valence-corrected chi connectivity index (χ0v) is 20.8. The average Bonchev–Trinajstić information content (AvgIpc) is 3.62. The summed E-state index contributed by atoms with van der Waals surface area (Å²) in [5.41, 5.74) is 4.24. The number of aromatic nitrogens is 2. The fraction of sp³-hybridized carbons (Fsp3) is 0.207. The molecule has 0 atom stereocenters. The molecule has 182 valence electrons. The topological polar surface area (TPSA) is 67.2 Å². The molecule has 0 unspecified atom stereocenters. The summed E-state index contributed by atoms with van der Waals surface area (Å²) in [7, 11) is 0. The highest BCUT2D eigenvalue weighted by Crippen LogP contribution is 2.30. The Morgan fingerprint density at radius 1 is 1.00 bits per heavy atom. The van der Waals surface area contributed by atoms with Crippen molar-refractivity contribution in [3.63, 3.8) is 0 Å². The van der Waals surface area contributed by atoms with Crippen LogP contribution in [0.3, 0.4) is 0 Å². The minimum Gasteiger partial charge on any atom is -0.329 e. The summed E-state index contributed by atoms with van der Waals surface area (Å²) in [4.78, 5) is 32.8. The highest BCUT2D eigenvalue weighted by molar-refractivity contribution is 6.30. The smallest absolute Gasteiger partial charge is 0.254 e. The van der Waals surface area contributed by atoms with Gasteiger partial charge in [0.2, 0.25) is 11.9 Å². The van der Waals surface area contributed by atoms with Crippen LogP contribution in [-0.2, 0) is 4.79 Å². The molecular formula is C29H27ClN4O2.